The molecule has 2 aliphatic heterocycles. The molecule has 0 spiro atoms. The lowest BCUT2D eigenvalue weighted by atomic mass is 9.86. The Kier molecular flexibility index (Phi) is 6.09. The van der Waals surface area contributed by atoms with Crippen molar-refractivity contribution < 1.29 is 9.59 Å². The van der Waals surface area contributed by atoms with Crippen molar-refractivity contribution in [3.63, 3.8) is 0 Å². The summed E-state index contributed by atoms with van der Waals surface area (Å²) in [6.07, 6.45) is 1.80. The van der Waals surface area contributed by atoms with E-state index < -0.39 is 0 Å². The highest BCUT2D eigenvalue weighted by Gasteiger charge is 2.59. The zero-order valence-corrected chi connectivity index (χ0v) is 16.3. The molecule has 0 aliphatic carbocycles. The summed E-state index contributed by atoms with van der Waals surface area (Å²) in [5.41, 5.74) is 7.18. The number of rotatable bonds is 5. The third-order valence-electron chi connectivity index (χ3n) is 5.73. The molecule has 142 valence electrons. The van der Waals surface area contributed by atoms with Crippen LogP contribution in [-0.2, 0) is 9.59 Å². The number of halogens is 1. The molecule has 2 saturated heterocycles. The van der Waals surface area contributed by atoms with Crippen LogP contribution < -0.4 is 5.73 Å². The van der Waals surface area contributed by atoms with Gasteiger partial charge in [-0.15, -0.1) is 12.4 Å². The van der Waals surface area contributed by atoms with Gasteiger partial charge in [-0.3, -0.25) is 24.8 Å². The number of likely N-dealkylation sites (tertiary alicyclic amines) is 2. The monoisotopic (exact) mass is 378 g/mol. The van der Waals surface area contributed by atoms with Crippen molar-refractivity contribution in [2.45, 2.75) is 38.8 Å². The summed E-state index contributed by atoms with van der Waals surface area (Å²) in [6.45, 7) is 4.60. The number of amidine groups is 1. The van der Waals surface area contributed by atoms with E-state index in [0.29, 0.717) is 12.1 Å². The molecule has 2 fully saturated rings. The third-order valence-corrected chi connectivity index (χ3v) is 5.73. The SMILES string of the molecule is CCCCN1C(=O)C2C(C1=O)C(c1ccc(C(=N)N)cc1)N(C)C2C.Cl. The summed E-state index contributed by atoms with van der Waals surface area (Å²) in [7, 11) is 1.98. The highest BCUT2D eigenvalue weighted by molar-refractivity contribution is 6.06. The number of benzene rings is 1. The second-order valence-electron chi connectivity index (χ2n) is 7.12. The van der Waals surface area contributed by atoms with Crippen LogP contribution in [0.2, 0.25) is 0 Å². The van der Waals surface area contributed by atoms with Gasteiger partial charge in [0.2, 0.25) is 11.8 Å². The Morgan fingerprint density at radius 1 is 1.15 bits per heavy atom. The molecular weight excluding hydrogens is 352 g/mol. The fourth-order valence-electron chi connectivity index (χ4n) is 4.21. The van der Waals surface area contributed by atoms with Gasteiger partial charge in [-0.2, -0.15) is 0 Å². The largest absolute Gasteiger partial charge is 0.384 e. The molecule has 4 atom stereocenters. The van der Waals surface area contributed by atoms with E-state index >= 15 is 0 Å². The Morgan fingerprint density at radius 2 is 1.73 bits per heavy atom. The lowest BCUT2D eigenvalue weighted by Crippen LogP contribution is -2.39. The Labute approximate surface area is 160 Å². The van der Waals surface area contributed by atoms with E-state index in [2.05, 4.69) is 11.8 Å². The van der Waals surface area contributed by atoms with Crippen molar-refractivity contribution in [3.8, 4) is 0 Å². The van der Waals surface area contributed by atoms with Gasteiger partial charge in [-0.1, -0.05) is 37.6 Å². The highest BCUT2D eigenvalue weighted by Crippen LogP contribution is 2.48. The predicted molar refractivity (Wildman–Crippen MR) is 103 cm³/mol. The fourth-order valence-corrected chi connectivity index (χ4v) is 4.21. The molecule has 7 heteroatoms. The van der Waals surface area contributed by atoms with Gasteiger partial charge in [0.25, 0.3) is 0 Å². The maximum Gasteiger partial charge on any atom is 0.235 e. The number of imide groups is 1. The number of nitrogens with zero attached hydrogens (tertiary/aromatic N) is 2. The summed E-state index contributed by atoms with van der Waals surface area (Å²) in [6, 6.07) is 7.34. The minimum Gasteiger partial charge on any atom is -0.384 e. The number of nitrogens with one attached hydrogen (secondary N) is 1. The maximum absolute atomic E-state index is 13.0. The van der Waals surface area contributed by atoms with Crippen molar-refractivity contribution in [1.29, 1.82) is 5.41 Å². The number of fused-ring (bicyclic) bond motifs is 1. The van der Waals surface area contributed by atoms with Gasteiger partial charge in [-0.05, 0) is 26.0 Å². The van der Waals surface area contributed by atoms with Crippen LogP contribution in [0.1, 0.15) is 43.9 Å². The van der Waals surface area contributed by atoms with Crippen LogP contribution in [0.4, 0.5) is 0 Å². The molecule has 1 aromatic rings. The van der Waals surface area contributed by atoms with Crippen LogP contribution in [-0.4, -0.2) is 47.1 Å². The third kappa shape index (κ3) is 3.12. The molecule has 2 amide bonds. The minimum atomic E-state index is -0.326. The number of nitrogens with two attached hydrogens (primary N) is 1. The maximum atomic E-state index is 13.0. The predicted octanol–water partition coefficient (Wildman–Crippen LogP) is 2.17. The molecule has 3 rings (SSSR count). The van der Waals surface area contributed by atoms with Gasteiger partial charge >= 0.3 is 0 Å². The first-order valence-electron chi connectivity index (χ1n) is 8.90. The van der Waals surface area contributed by atoms with Crippen molar-refractivity contribution in [2.75, 3.05) is 13.6 Å². The second kappa shape index (κ2) is 7.76. The quantitative estimate of drug-likeness (QED) is 0.466. The van der Waals surface area contributed by atoms with Crippen molar-refractivity contribution >= 4 is 30.1 Å². The number of carbonyl (C=O) groups is 2. The number of unbranched alkanes of at least 4 members (excludes halogenated alkanes) is 1. The van der Waals surface area contributed by atoms with Gasteiger partial charge in [0.1, 0.15) is 5.84 Å². The van der Waals surface area contributed by atoms with Crippen molar-refractivity contribution in [1.82, 2.24) is 9.80 Å². The van der Waals surface area contributed by atoms with E-state index in [0.717, 1.165) is 18.4 Å². The molecule has 6 nitrogen and oxygen atoms in total. The number of amides is 2. The molecule has 0 aromatic heterocycles. The first-order valence-corrected chi connectivity index (χ1v) is 8.90. The summed E-state index contributed by atoms with van der Waals surface area (Å²) in [5.74, 6) is -0.638. The van der Waals surface area contributed by atoms with Crippen LogP contribution in [0.5, 0.6) is 0 Å². The van der Waals surface area contributed by atoms with E-state index in [-0.39, 0.29) is 54.0 Å². The van der Waals surface area contributed by atoms with Gasteiger partial charge in [-0.25, -0.2) is 0 Å². The number of hydrogen-bond donors (Lipinski definition) is 2. The first-order chi connectivity index (χ1) is 11.9. The molecule has 0 bridgehead atoms. The molecule has 2 heterocycles. The van der Waals surface area contributed by atoms with E-state index in [1.807, 2.05) is 26.1 Å². The van der Waals surface area contributed by atoms with E-state index in [9.17, 15) is 9.59 Å². The topological polar surface area (TPSA) is 90.5 Å². The molecular formula is C19H27ClN4O2. The number of carbonyl (C=O) groups excluding carboxylic acids is 2. The highest BCUT2D eigenvalue weighted by atomic mass is 35.5. The van der Waals surface area contributed by atoms with Crippen molar-refractivity contribution in [2.24, 2.45) is 17.6 Å². The van der Waals surface area contributed by atoms with Crippen LogP contribution >= 0.6 is 12.4 Å². The molecule has 26 heavy (non-hydrogen) atoms. The number of hydrogen-bond acceptors (Lipinski definition) is 4. The lowest BCUT2D eigenvalue weighted by molar-refractivity contribution is -0.141. The summed E-state index contributed by atoms with van der Waals surface area (Å²) in [5, 5.41) is 7.52. The molecule has 3 N–H and O–H groups in total. The van der Waals surface area contributed by atoms with Crippen LogP contribution in [0.15, 0.2) is 24.3 Å². The zero-order chi connectivity index (χ0) is 18.3. The van der Waals surface area contributed by atoms with Gasteiger partial charge < -0.3 is 5.73 Å². The second-order valence-corrected chi connectivity index (χ2v) is 7.12. The molecule has 1 aromatic carbocycles. The first kappa shape index (κ1) is 20.4. The summed E-state index contributed by atoms with van der Waals surface area (Å²) < 4.78 is 0. The normalized spacial score (nSPS) is 28.2. The standard InChI is InChI=1S/C19H26N4O2.ClH/c1-4-5-10-23-18(24)14-11(2)22(3)16(15(14)19(23)25)12-6-8-13(9-7-12)17(20)21;/h6-9,11,14-16H,4-5,10H2,1-3H3,(H3,20,21);1H. The Balaban J connectivity index is 0.00000243. The average Bonchev–Trinajstić information content (AvgIpc) is 2.99. The van der Waals surface area contributed by atoms with Crippen LogP contribution in [0.3, 0.4) is 0 Å². The Hall–Kier alpha value is -1.92. The van der Waals surface area contributed by atoms with Crippen LogP contribution in [0, 0.1) is 17.2 Å². The molecule has 0 saturated carbocycles. The van der Waals surface area contributed by atoms with Crippen LogP contribution in [0.25, 0.3) is 0 Å². The Morgan fingerprint density at radius 3 is 2.27 bits per heavy atom. The van der Waals surface area contributed by atoms with Crippen molar-refractivity contribution in [3.05, 3.63) is 35.4 Å². The Bertz CT molecular complexity index is 706. The molecule has 4 unspecified atom stereocenters. The summed E-state index contributed by atoms with van der Waals surface area (Å²) in [4.78, 5) is 29.4. The zero-order valence-electron chi connectivity index (χ0n) is 15.4. The lowest BCUT2D eigenvalue weighted by Gasteiger charge is -2.28. The van der Waals surface area contributed by atoms with E-state index in [4.69, 9.17) is 11.1 Å². The number of nitrogen functional groups attached to an aromatic ring is 1. The summed E-state index contributed by atoms with van der Waals surface area (Å²) >= 11 is 0. The van der Waals surface area contributed by atoms with Gasteiger partial charge in [0.15, 0.2) is 0 Å². The minimum absolute atomic E-state index is 0. The fraction of sp³-hybridized carbons (Fsp3) is 0.526. The van der Waals surface area contributed by atoms with E-state index in [1.54, 1.807) is 12.1 Å². The van der Waals surface area contributed by atoms with Gasteiger partial charge in [0.05, 0.1) is 11.8 Å². The smallest absolute Gasteiger partial charge is 0.235 e. The molecule has 0 radical (unpaired) electrons. The average molecular weight is 379 g/mol. The van der Waals surface area contributed by atoms with E-state index in [1.165, 1.54) is 4.90 Å². The van der Waals surface area contributed by atoms with Gasteiger partial charge in [0, 0.05) is 24.2 Å². The molecule has 2 aliphatic rings.